The molecule has 11 nitrogen and oxygen atoms in total. The van der Waals surface area contributed by atoms with Gasteiger partial charge in [-0.15, -0.1) is 13.2 Å². The fourth-order valence-electron chi connectivity index (χ4n) is 3.79. The zero-order valence-corrected chi connectivity index (χ0v) is 24.8. The van der Waals surface area contributed by atoms with E-state index in [1.165, 1.54) is 11.0 Å². The number of alkyl carbamates (subject to hydrolysis) is 1. The van der Waals surface area contributed by atoms with Gasteiger partial charge in [0.25, 0.3) is 0 Å². The van der Waals surface area contributed by atoms with Crippen molar-refractivity contribution in [1.29, 1.82) is 0 Å². The summed E-state index contributed by atoms with van der Waals surface area (Å²) >= 11 is 0. The third kappa shape index (κ3) is 12.3. The van der Waals surface area contributed by atoms with Crippen LogP contribution in [0, 0.1) is 0 Å². The van der Waals surface area contributed by atoms with Crippen LogP contribution in [0.1, 0.15) is 59.4 Å². The van der Waals surface area contributed by atoms with Gasteiger partial charge in [-0.1, -0.05) is 42.5 Å². The topological polar surface area (TPSA) is 143 Å². The number of hydrogen-bond donors (Lipinski definition) is 3. The highest BCUT2D eigenvalue weighted by Gasteiger charge is 2.43. The lowest BCUT2D eigenvalue weighted by Gasteiger charge is -2.41. The van der Waals surface area contributed by atoms with E-state index in [0.29, 0.717) is 6.42 Å². The van der Waals surface area contributed by atoms with Gasteiger partial charge in [-0.25, -0.2) is 9.59 Å². The van der Waals surface area contributed by atoms with E-state index in [9.17, 15) is 24.0 Å². The van der Waals surface area contributed by atoms with Crippen LogP contribution in [0.3, 0.4) is 0 Å². The number of amides is 4. The Morgan fingerprint density at radius 2 is 1.63 bits per heavy atom. The lowest BCUT2D eigenvalue weighted by Crippen LogP contribution is -2.62. The molecule has 0 bridgehead atoms. The fraction of sp³-hybridized carbons (Fsp3) is 0.500. The number of hydrogen-bond acceptors (Lipinski definition) is 7. The maximum Gasteiger partial charge on any atom is 0.408 e. The summed E-state index contributed by atoms with van der Waals surface area (Å²) in [6, 6.07) is 8.09. The first-order valence-corrected chi connectivity index (χ1v) is 13.5. The fourth-order valence-corrected chi connectivity index (χ4v) is 3.79. The highest BCUT2D eigenvalue weighted by molar-refractivity contribution is 5.95. The monoisotopic (exact) mass is 572 g/mol. The standard InChI is InChI=1S/C30H44N4O7/c1-8-11-18-30(7,27(38)33-23(15-9-2)26(37)40-10-3)34(21-22-16-13-12-14-17-22)25(36)20-31-24(35)19-32-28(39)41-29(4,5)6/h8-9,12-14,16-17,23H,1-2,10-11,15,18-21H2,3-7H3,(H,31,35)(H,32,39)(H,33,38). The number of ether oxygens (including phenoxy) is 2. The molecule has 11 heteroatoms. The van der Waals surface area contributed by atoms with Crippen molar-refractivity contribution in [1.82, 2.24) is 20.9 Å². The van der Waals surface area contributed by atoms with Crippen LogP contribution in [0.5, 0.6) is 0 Å². The lowest BCUT2D eigenvalue weighted by molar-refractivity contribution is -0.152. The molecule has 4 amide bonds. The minimum Gasteiger partial charge on any atom is -0.464 e. The first-order valence-electron chi connectivity index (χ1n) is 13.5. The van der Waals surface area contributed by atoms with Crippen molar-refractivity contribution >= 4 is 29.8 Å². The van der Waals surface area contributed by atoms with E-state index in [-0.39, 0.29) is 26.0 Å². The predicted molar refractivity (Wildman–Crippen MR) is 155 cm³/mol. The average Bonchev–Trinajstić information content (AvgIpc) is 2.91. The number of carbonyl (C=O) groups excluding carboxylic acids is 5. The first-order chi connectivity index (χ1) is 19.3. The molecule has 0 aliphatic heterocycles. The maximum absolute atomic E-state index is 13.8. The number of carbonyl (C=O) groups is 5. The van der Waals surface area contributed by atoms with E-state index >= 15 is 0 Å². The van der Waals surface area contributed by atoms with Gasteiger partial charge >= 0.3 is 12.1 Å². The van der Waals surface area contributed by atoms with Crippen LogP contribution in [0.15, 0.2) is 55.6 Å². The lowest BCUT2D eigenvalue weighted by atomic mass is 9.90. The number of rotatable bonds is 16. The Kier molecular flexibility index (Phi) is 14.3. The molecule has 2 atom stereocenters. The largest absolute Gasteiger partial charge is 0.464 e. The molecule has 0 heterocycles. The van der Waals surface area contributed by atoms with Crippen LogP contribution in [-0.4, -0.2) is 71.6 Å². The summed E-state index contributed by atoms with van der Waals surface area (Å²) in [7, 11) is 0. The molecule has 1 aromatic rings. The molecule has 0 aliphatic rings. The van der Waals surface area contributed by atoms with Crippen LogP contribution in [-0.2, 0) is 35.2 Å². The quantitative estimate of drug-likeness (QED) is 0.204. The van der Waals surface area contributed by atoms with Crippen molar-refractivity contribution in [3.8, 4) is 0 Å². The molecular formula is C30H44N4O7. The number of nitrogens with zero attached hydrogens (tertiary/aromatic N) is 1. The molecular weight excluding hydrogens is 528 g/mol. The van der Waals surface area contributed by atoms with Gasteiger partial charge in [0.05, 0.1) is 13.2 Å². The Morgan fingerprint density at radius 1 is 0.976 bits per heavy atom. The normalized spacial score (nSPS) is 13.0. The van der Waals surface area contributed by atoms with E-state index in [1.807, 2.05) is 30.3 Å². The zero-order valence-electron chi connectivity index (χ0n) is 24.8. The molecule has 0 saturated heterocycles. The molecule has 0 aromatic heterocycles. The summed E-state index contributed by atoms with van der Waals surface area (Å²) in [6.45, 7) is 15.1. The summed E-state index contributed by atoms with van der Waals surface area (Å²) in [6.07, 6.45) is 3.08. The van der Waals surface area contributed by atoms with Crippen molar-refractivity contribution < 1.29 is 33.4 Å². The molecule has 0 saturated carbocycles. The minimum absolute atomic E-state index is 0.0539. The Morgan fingerprint density at radius 3 is 2.20 bits per heavy atom. The van der Waals surface area contributed by atoms with Crippen molar-refractivity contribution in [3.63, 3.8) is 0 Å². The molecule has 0 radical (unpaired) electrons. The van der Waals surface area contributed by atoms with Gasteiger partial charge in [0.1, 0.15) is 23.7 Å². The van der Waals surface area contributed by atoms with Crippen LogP contribution >= 0.6 is 0 Å². The summed E-state index contributed by atoms with van der Waals surface area (Å²) in [5, 5.41) is 7.56. The van der Waals surface area contributed by atoms with E-state index in [1.54, 1.807) is 40.7 Å². The molecule has 41 heavy (non-hydrogen) atoms. The SMILES string of the molecule is C=CCCC(C)(C(=O)NC(CC=C)C(=O)OCC)N(Cc1ccccc1)C(=O)CNC(=O)CNC(=O)OC(C)(C)C. The summed E-state index contributed by atoms with van der Waals surface area (Å²) in [5.41, 5.74) is -1.42. The molecule has 1 rings (SSSR count). The highest BCUT2D eigenvalue weighted by Crippen LogP contribution is 2.26. The van der Waals surface area contributed by atoms with Crippen molar-refractivity contribution in [2.75, 3.05) is 19.7 Å². The number of benzene rings is 1. The van der Waals surface area contributed by atoms with E-state index in [0.717, 1.165) is 5.56 Å². The van der Waals surface area contributed by atoms with Crippen LogP contribution in [0.25, 0.3) is 0 Å². The maximum atomic E-state index is 13.8. The highest BCUT2D eigenvalue weighted by atomic mass is 16.6. The number of allylic oxidation sites excluding steroid dienone is 1. The smallest absolute Gasteiger partial charge is 0.408 e. The first kappa shape index (κ1) is 34.9. The Bertz CT molecular complexity index is 1070. The zero-order chi connectivity index (χ0) is 31.1. The predicted octanol–water partition coefficient (Wildman–Crippen LogP) is 3.01. The molecule has 1 aromatic carbocycles. The van der Waals surface area contributed by atoms with E-state index in [4.69, 9.17) is 9.47 Å². The second kappa shape index (κ2) is 16.8. The summed E-state index contributed by atoms with van der Waals surface area (Å²) < 4.78 is 10.2. The van der Waals surface area contributed by atoms with Gasteiger partial charge in [0, 0.05) is 6.54 Å². The van der Waals surface area contributed by atoms with Gasteiger partial charge in [0.2, 0.25) is 17.7 Å². The van der Waals surface area contributed by atoms with Crippen LogP contribution in [0.4, 0.5) is 4.79 Å². The van der Waals surface area contributed by atoms with Gasteiger partial charge in [-0.2, -0.15) is 0 Å². The molecule has 0 spiro atoms. The minimum atomic E-state index is -1.44. The third-order valence-corrected chi connectivity index (χ3v) is 5.91. The number of nitrogens with one attached hydrogen (secondary N) is 3. The average molecular weight is 573 g/mol. The Balaban J connectivity index is 3.22. The Hall–Kier alpha value is -4.15. The summed E-state index contributed by atoms with van der Waals surface area (Å²) in [4.78, 5) is 65.6. The molecule has 0 aliphatic carbocycles. The second-order valence-corrected chi connectivity index (χ2v) is 10.5. The third-order valence-electron chi connectivity index (χ3n) is 5.91. The van der Waals surface area contributed by atoms with Gasteiger partial charge < -0.3 is 30.3 Å². The van der Waals surface area contributed by atoms with Gasteiger partial charge in [-0.3, -0.25) is 14.4 Å². The van der Waals surface area contributed by atoms with Crippen molar-refractivity contribution in [2.45, 2.75) is 77.6 Å². The van der Waals surface area contributed by atoms with Gasteiger partial charge in [0.15, 0.2) is 0 Å². The van der Waals surface area contributed by atoms with E-state index < -0.39 is 60.1 Å². The molecule has 0 fully saturated rings. The molecule has 3 N–H and O–H groups in total. The van der Waals surface area contributed by atoms with Gasteiger partial charge in [-0.05, 0) is 59.4 Å². The van der Waals surface area contributed by atoms with Crippen LogP contribution in [0.2, 0.25) is 0 Å². The molecule has 2 unspecified atom stereocenters. The van der Waals surface area contributed by atoms with Crippen molar-refractivity contribution in [2.24, 2.45) is 0 Å². The van der Waals surface area contributed by atoms with Crippen LogP contribution < -0.4 is 16.0 Å². The molecule has 226 valence electrons. The second-order valence-electron chi connectivity index (χ2n) is 10.5. The van der Waals surface area contributed by atoms with E-state index in [2.05, 4.69) is 29.1 Å². The van der Waals surface area contributed by atoms with Crippen molar-refractivity contribution in [3.05, 3.63) is 61.2 Å². The number of esters is 1. The Labute approximate surface area is 242 Å². The summed E-state index contributed by atoms with van der Waals surface area (Å²) in [5.74, 6) is -2.34.